The van der Waals surface area contributed by atoms with E-state index >= 15 is 0 Å². The van der Waals surface area contributed by atoms with Gasteiger partial charge in [-0.1, -0.05) is 0 Å². The van der Waals surface area contributed by atoms with Gasteiger partial charge in [-0.2, -0.15) is 0 Å². The van der Waals surface area contributed by atoms with E-state index in [-0.39, 0.29) is 11.2 Å². The maximum Gasteiger partial charge on any atom is 0.332 e. The first-order valence-electron chi connectivity index (χ1n) is 9.06. The van der Waals surface area contributed by atoms with Gasteiger partial charge in [0.05, 0.1) is 14.2 Å². The Bertz CT molecular complexity index is 1170. The number of methoxy groups -OCH3 is 2. The molecule has 0 radical (unpaired) electrons. The Balaban J connectivity index is 2.20. The molecule has 0 spiro atoms. The lowest BCUT2D eigenvalue weighted by Crippen LogP contribution is -2.39. The van der Waals surface area contributed by atoms with Gasteiger partial charge in [-0.3, -0.25) is 13.9 Å². The predicted octanol–water partition coefficient (Wildman–Crippen LogP) is 2.12. The molecule has 0 N–H and O–H groups in total. The minimum atomic E-state index is -0.342. The number of benzene rings is 1. The fourth-order valence-corrected chi connectivity index (χ4v) is 3.23. The Morgan fingerprint density at radius 3 is 2.36 bits per heavy atom. The molecule has 8 nitrogen and oxygen atoms in total. The van der Waals surface area contributed by atoms with Crippen molar-refractivity contribution in [1.82, 2.24) is 18.7 Å². The first-order valence-corrected chi connectivity index (χ1v) is 9.06. The summed E-state index contributed by atoms with van der Waals surface area (Å²) in [5, 5.41) is 0. The van der Waals surface area contributed by atoms with Crippen molar-refractivity contribution in [3.63, 3.8) is 0 Å². The van der Waals surface area contributed by atoms with Gasteiger partial charge >= 0.3 is 5.69 Å². The van der Waals surface area contributed by atoms with Crippen LogP contribution < -0.4 is 20.7 Å². The number of hydrogen-bond acceptors (Lipinski definition) is 5. The number of rotatable bonds is 6. The van der Waals surface area contributed by atoms with E-state index in [1.807, 2.05) is 31.2 Å². The van der Waals surface area contributed by atoms with E-state index in [0.717, 1.165) is 5.56 Å². The van der Waals surface area contributed by atoms with Crippen molar-refractivity contribution in [3.8, 4) is 11.5 Å². The molecule has 0 amide bonds. The summed E-state index contributed by atoms with van der Waals surface area (Å²) < 4.78 is 15.1. The lowest BCUT2D eigenvalue weighted by molar-refractivity contribution is 0.402. The zero-order valence-corrected chi connectivity index (χ0v) is 16.7. The van der Waals surface area contributed by atoms with Gasteiger partial charge in [0.1, 0.15) is 17.3 Å². The lowest BCUT2D eigenvalue weighted by Gasteiger charge is -2.08. The minimum Gasteiger partial charge on any atom is -0.497 e. The molecular formula is C20H24N4O4. The normalized spacial score (nSPS) is 11.5. The molecule has 3 rings (SSSR count). The molecular weight excluding hydrogens is 360 g/mol. The molecule has 3 aromatic rings. The molecule has 2 aromatic heterocycles. The summed E-state index contributed by atoms with van der Waals surface area (Å²) in [7, 11) is 4.97. The summed E-state index contributed by atoms with van der Waals surface area (Å²) in [6, 6.07) is 5.49. The van der Waals surface area contributed by atoms with Crippen LogP contribution in [-0.2, 0) is 20.1 Å². The Kier molecular flexibility index (Phi) is 5.39. The second-order valence-electron chi connectivity index (χ2n) is 6.22. The van der Waals surface area contributed by atoms with Gasteiger partial charge in [-0.25, -0.2) is 9.78 Å². The van der Waals surface area contributed by atoms with Crippen LogP contribution in [0.15, 0.2) is 27.8 Å². The van der Waals surface area contributed by atoms with Crippen LogP contribution in [0.2, 0.25) is 0 Å². The van der Waals surface area contributed by atoms with Crippen LogP contribution >= 0.6 is 0 Å². The number of aromatic nitrogens is 4. The third-order valence-corrected chi connectivity index (χ3v) is 4.76. The second kappa shape index (κ2) is 7.75. The number of aryl methyl sites for hydroxylation is 2. The Hall–Kier alpha value is -3.29. The Morgan fingerprint density at radius 1 is 1.04 bits per heavy atom. The van der Waals surface area contributed by atoms with Gasteiger partial charge in [0.25, 0.3) is 5.56 Å². The minimum absolute atomic E-state index is 0.310. The third kappa shape index (κ3) is 3.11. The van der Waals surface area contributed by atoms with Crippen LogP contribution in [0.3, 0.4) is 0 Å². The van der Waals surface area contributed by atoms with Gasteiger partial charge in [-0.15, -0.1) is 0 Å². The monoisotopic (exact) mass is 384 g/mol. The van der Waals surface area contributed by atoms with Crippen LogP contribution in [0.5, 0.6) is 11.5 Å². The number of nitrogens with zero attached hydrogens (tertiary/aromatic N) is 4. The molecule has 0 aliphatic carbocycles. The van der Waals surface area contributed by atoms with E-state index in [2.05, 4.69) is 4.98 Å². The van der Waals surface area contributed by atoms with Crippen molar-refractivity contribution < 1.29 is 9.47 Å². The third-order valence-electron chi connectivity index (χ3n) is 4.76. The first kappa shape index (κ1) is 19.5. The summed E-state index contributed by atoms with van der Waals surface area (Å²) in [6.45, 7) is 4.38. The van der Waals surface area contributed by atoms with Crippen molar-refractivity contribution in [1.29, 1.82) is 0 Å². The Labute approximate surface area is 162 Å². The molecule has 28 heavy (non-hydrogen) atoms. The highest BCUT2D eigenvalue weighted by Crippen LogP contribution is 2.26. The van der Waals surface area contributed by atoms with Crippen molar-refractivity contribution in [2.24, 2.45) is 7.05 Å². The molecule has 0 bridgehead atoms. The molecule has 0 fully saturated rings. The quantitative estimate of drug-likeness (QED) is 0.650. The fourth-order valence-electron chi connectivity index (χ4n) is 3.23. The SMILES string of the molecule is CCn1c(=O)c2c(nc(C=Cc3cc(OC)ccc3OC)n2C)n(CC)c1=O. The number of imidazole rings is 1. The summed E-state index contributed by atoms with van der Waals surface area (Å²) >= 11 is 0. The van der Waals surface area contributed by atoms with Gasteiger partial charge in [0.15, 0.2) is 11.2 Å². The van der Waals surface area contributed by atoms with E-state index < -0.39 is 0 Å². The molecule has 1 aromatic carbocycles. The van der Waals surface area contributed by atoms with Crippen molar-refractivity contribution >= 4 is 23.3 Å². The second-order valence-corrected chi connectivity index (χ2v) is 6.22. The highest BCUT2D eigenvalue weighted by Gasteiger charge is 2.17. The number of hydrogen-bond donors (Lipinski definition) is 0. The predicted molar refractivity (Wildman–Crippen MR) is 109 cm³/mol. The van der Waals surface area contributed by atoms with Crippen LogP contribution in [0.1, 0.15) is 25.2 Å². The van der Waals surface area contributed by atoms with Crippen LogP contribution in [0, 0.1) is 0 Å². The standard InChI is InChI=1S/C20H24N4O4/c1-6-23-18-17(19(25)24(7-2)20(23)26)22(3)16(21-18)11-8-13-12-14(27-4)9-10-15(13)28-5/h8-12H,6-7H2,1-5H3. The molecule has 0 aliphatic rings. The lowest BCUT2D eigenvalue weighted by atomic mass is 10.1. The fraction of sp³-hybridized carbons (Fsp3) is 0.350. The highest BCUT2D eigenvalue weighted by molar-refractivity contribution is 5.77. The average molecular weight is 384 g/mol. The van der Waals surface area contributed by atoms with E-state index in [1.54, 1.807) is 38.8 Å². The van der Waals surface area contributed by atoms with Crippen molar-refractivity contribution in [2.75, 3.05) is 14.2 Å². The van der Waals surface area contributed by atoms with E-state index in [1.165, 1.54) is 9.13 Å². The molecule has 0 saturated heterocycles. The van der Waals surface area contributed by atoms with Crippen molar-refractivity contribution in [3.05, 3.63) is 50.4 Å². The Morgan fingerprint density at radius 2 is 1.75 bits per heavy atom. The average Bonchev–Trinajstić information content (AvgIpc) is 3.03. The maximum atomic E-state index is 12.8. The van der Waals surface area contributed by atoms with E-state index in [0.29, 0.717) is 41.6 Å². The number of ether oxygens (including phenoxy) is 2. The molecule has 0 aliphatic heterocycles. The summed E-state index contributed by atoms with van der Waals surface area (Å²) in [5.74, 6) is 1.96. The smallest absolute Gasteiger partial charge is 0.332 e. The molecule has 0 atom stereocenters. The molecule has 0 saturated carbocycles. The zero-order valence-electron chi connectivity index (χ0n) is 16.7. The van der Waals surface area contributed by atoms with Gasteiger partial charge < -0.3 is 14.0 Å². The van der Waals surface area contributed by atoms with E-state index in [9.17, 15) is 9.59 Å². The largest absolute Gasteiger partial charge is 0.497 e. The number of fused-ring (bicyclic) bond motifs is 1. The highest BCUT2D eigenvalue weighted by atomic mass is 16.5. The maximum absolute atomic E-state index is 12.8. The summed E-state index contributed by atoms with van der Waals surface area (Å²) in [5.41, 5.74) is 0.932. The molecule has 8 heteroatoms. The summed E-state index contributed by atoms with van der Waals surface area (Å²) in [6.07, 6.45) is 3.63. The first-order chi connectivity index (χ1) is 13.5. The topological polar surface area (TPSA) is 80.3 Å². The van der Waals surface area contributed by atoms with Crippen LogP contribution in [-0.4, -0.2) is 32.9 Å². The van der Waals surface area contributed by atoms with E-state index in [4.69, 9.17) is 9.47 Å². The van der Waals surface area contributed by atoms with Gasteiger partial charge in [0, 0.05) is 25.7 Å². The molecule has 0 unspecified atom stereocenters. The molecule has 148 valence electrons. The van der Waals surface area contributed by atoms with Crippen LogP contribution in [0.25, 0.3) is 23.3 Å². The molecule has 2 heterocycles. The van der Waals surface area contributed by atoms with Gasteiger partial charge in [-0.05, 0) is 44.2 Å². The van der Waals surface area contributed by atoms with Crippen molar-refractivity contribution in [2.45, 2.75) is 26.9 Å². The summed E-state index contributed by atoms with van der Waals surface area (Å²) in [4.78, 5) is 29.9. The van der Waals surface area contributed by atoms with Gasteiger partial charge in [0.2, 0.25) is 0 Å². The van der Waals surface area contributed by atoms with Crippen LogP contribution in [0.4, 0.5) is 0 Å². The zero-order chi connectivity index (χ0) is 20.4.